The molecule has 1 aromatic rings. The molecular formula is C16H28N6O2. The normalized spacial score (nSPS) is 17.5. The molecule has 0 unspecified atom stereocenters. The molecule has 24 heavy (non-hydrogen) atoms. The molecule has 1 aliphatic heterocycles. The van der Waals surface area contributed by atoms with Crippen molar-refractivity contribution < 1.29 is 9.59 Å². The first-order valence-corrected chi connectivity index (χ1v) is 8.69. The van der Waals surface area contributed by atoms with E-state index in [2.05, 4.69) is 15.6 Å². The van der Waals surface area contributed by atoms with Gasteiger partial charge in [0.1, 0.15) is 6.54 Å². The fourth-order valence-electron chi connectivity index (χ4n) is 3.03. The molecule has 0 bridgehead atoms. The van der Waals surface area contributed by atoms with Crippen LogP contribution in [0.2, 0.25) is 0 Å². The summed E-state index contributed by atoms with van der Waals surface area (Å²) in [5.74, 6) is 0.305. The van der Waals surface area contributed by atoms with E-state index in [0.29, 0.717) is 25.6 Å². The van der Waals surface area contributed by atoms with Crippen molar-refractivity contribution in [1.29, 1.82) is 0 Å². The van der Waals surface area contributed by atoms with Gasteiger partial charge in [-0.15, -0.1) is 5.10 Å². The smallest absolute Gasteiger partial charge is 0.275 e. The Morgan fingerprint density at radius 2 is 2.12 bits per heavy atom. The van der Waals surface area contributed by atoms with E-state index in [-0.39, 0.29) is 24.1 Å². The molecule has 2 heterocycles. The zero-order valence-electron chi connectivity index (χ0n) is 14.9. The van der Waals surface area contributed by atoms with Crippen molar-refractivity contribution in [3.8, 4) is 0 Å². The summed E-state index contributed by atoms with van der Waals surface area (Å²) in [4.78, 5) is 28.0. The molecule has 2 amide bonds. The summed E-state index contributed by atoms with van der Waals surface area (Å²) in [5.41, 5.74) is 0.286. The maximum Gasteiger partial charge on any atom is 0.275 e. The number of aromatic nitrogens is 3. The van der Waals surface area contributed by atoms with Crippen LogP contribution in [-0.4, -0.2) is 76.4 Å². The van der Waals surface area contributed by atoms with Gasteiger partial charge in [0, 0.05) is 26.7 Å². The lowest BCUT2D eigenvalue weighted by atomic mass is 9.99. The van der Waals surface area contributed by atoms with E-state index in [1.165, 1.54) is 4.68 Å². The highest BCUT2D eigenvalue weighted by molar-refractivity contribution is 5.91. The zero-order valence-corrected chi connectivity index (χ0v) is 14.9. The molecule has 0 saturated carbocycles. The van der Waals surface area contributed by atoms with Gasteiger partial charge < -0.3 is 15.1 Å². The lowest BCUT2D eigenvalue weighted by Gasteiger charge is -2.27. The van der Waals surface area contributed by atoms with Gasteiger partial charge in [-0.1, -0.05) is 5.21 Å². The predicted octanol–water partition coefficient (Wildman–Crippen LogP) is 0.218. The van der Waals surface area contributed by atoms with Crippen molar-refractivity contribution in [2.75, 3.05) is 39.8 Å². The number of amides is 2. The second-order valence-corrected chi connectivity index (χ2v) is 6.27. The minimum absolute atomic E-state index is 0.0227. The minimum atomic E-state index is -0.151. The van der Waals surface area contributed by atoms with E-state index in [1.54, 1.807) is 23.0 Å². The molecular weight excluding hydrogens is 308 g/mol. The average Bonchev–Trinajstić information content (AvgIpc) is 3.04. The lowest BCUT2D eigenvalue weighted by molar-refractivity contribution is -0.131. The van der Waals surface area contributed by atoms with Gasteiger partial charge in [0.15, 0.2) is 5.69 Å². The summed E-state index contributed by atoms with van der Waals surface area (Å²) in [6.07, 6.45) is 3.84. The van der Waals surface area contributed by atoms with E-state index in [1.807, 2.05) is 13.8 Å². The van der Waals surface area contributed by atoms with Gasteiger partial charge in [-0.3, -0.25) is 9.59 Å². The highest BCUT2D eigenvalue weighted by Crippen LogP contribution is 2.12. The largest absolute Gasteiger partial charge is 0.342 e. The number of hydrogen-bond acceptors (Lipinski definition) is 5. The maximum atomic E-state index is 12.5. The Labute approximate surface area is 143 Å². The Bertz CT molecular complexity index is 549. The van der Waals surface area contributed by atoms with Gasteiger partial charge in [-0.05, 0) is 45.7 Å². The summed E-state index contributed by atoms with van der Waals surface area (Å²) >= 11 is 0. The Kier molecular flexibility index (Phi) is 6.72. The van der Waals surface area contributed by atoms with E-state index < -0.39 is 0 Å². The topological polar surface area (TPSA) is 83.4 Å². The molecule has 0 aliphatic carbocycles. The van der Waals surface area contributed by atoms with Crippen molar-refractivity contribution >= 4 is 11.8 Å². The molecule has 2 rings (SSSR count). The van der Waals surface area contributed by atoms with Gasteiger partial charge in [-0.2, -0.15) is 0 Å². The molecule has 8 nitrogen and oxygen atoms in total. The number of nitrogens with zero attached hydrogens (tertiary/aromatic N) is 5. The van der Waals surface area contributed by atoms with Crippen molar-refractivity contribution in [3.05, 3.63) is 11.9 Å². The van der Waals surface area contributed by atoms with Gasteiger partial charge in [0.05, 0.1) is 6.20 Å². The van der Waals surface area contributed by atoms with Crippen LogP contribution in [0.4, 0.5) is 0 Å². The van der Waals surface area contributed by atoms with Crippen molar-refractivity contribution in [2.24, 2.45) is 5.92 Å². The number of nitrogens with one attached hydrogen (secondary N) is 1. The van der Waals surface area contributed by atoms with Crippen LogP contribution in [0.3, 0.4) is 0 Å². The summed E-state index contributed by atoms with van der Waals surface area (Å²) in [7, 11) is 1.79. The fraction of sp³-hybridized carbons (Fsp3) is 0.750. The zero-order chi connectivity index (χ0) is 17.5. The molecule has 134 valence electrons. The van der Waals surface area contributed by atoms with Crippen LogP contribution in [0.15, 0.2) is 6.20 Å². The monoisotopic (exact) mass is 336 g/mol. The SMILES string of the molecule is CCN(CC)C(=O)Cn1cc(C(=O)N(C)C[C@H]2CCCNC2)nn1. The highest BCUT2D eigenvalue weighted by Gasteiger charge is 2.21. The van der Waals surface area contributed by atoms with E-state index in [4.69, 9.17) is 0 Å². The maximum absolute atomic E-state index is 12.5. The molecule has 1 N–H and O–H groups in total. The standard InChI is InChI=1S/C16H28N6O2/c1-4-21(5-2)15(23)12-22-11-14(18-19-22)16(24)20(3)10-13-7-6-8-17-9-13/h11,13,17H,4-10,12H2,1-3H3/t13-/m0/s1. The molecule has 1 aromatic heterocycles. The quantitative estimate of drug-likeness (QED) is 0.770. The van der Waals surface area contributed by atoms with Crippen LogP contribution < -0.4 is 5.32 Å². The van der Waals surface area contributed by atoms with Crippen LogP contribution in [0.25, 0.3) is 0 Å². The number of likely N-dealkylation sites (N-methyl/N-ethyl adjacent to an activating group) is 1. The Morgan fingerprint density at radius 3 is 2.75 bits per heavy atom. The fourth-order valence-corrected chi connectivity index (χ4v) is 3.03. The summed E-state index contributed by atoms with van der Waals surface area (Å²) in [5, 5.41) is 11.2. The third kappa shape index (κ3) is 4.77. The number of rotatable bonds is 7. The number of carbonyl (C=O) groups is 2. The lowest BCUT2D eigenvalue weighted by Crippen LogP contribution is -2.39. The molecule has 0 spiro atoms. The molecule has 1 saturated heterocycles. The first kappa shape index (κ1) is 18.4. The summed E-state index contributed by atoms with van der Waals surface area (Å²) in [6.45, 7) is 8.02. The Morgan fingerprint density at radius 1 is 1.38 bits per heavy atom. The van der Waals surface area contributed by atoms with Gasteiger partial charge in [0.25, 0.3) is 5.91 Å². The van der Waals surface area contributed by atoms with Crippen LogP contribution in [0.5, 0.6) is 0 Å². The first-order valence-electron chi connectivity index (χ1n) is 8.69. The van der Waals surface area contributed by atoms with Crippen LogP contribution >= 0.6 is 0 Å². The molecule has 0 aromatic carbocycles. The number of carbonyl (C=O) groups excluding carboxylic acids is 2. The van der Waals surface area contributed by atoms with Gasteiger partial charge >= 0.3 is 0 Å². The molecule has 8 heteroatoms. The van der Waals surface area contributed by atoms with E-state index >= 15 is 0 Å². The number of piperidine rings is 1. The van der Waals surface area contributed by atoms with E-state index in [9.17, 15) is 9.59 Å². The van der Waals surface area contributed by atoms with Crippen molar-refractivity contribution in [2.45, 2.75) is 33.2 Å². The summed E-state index contributed by atoms with van der Waals surface area (Å²) in [6, 6.07) is 0. The Hall–Kier alpha value is -1.96. The molecule has 0 radical (unpaired) electrons. The van der Waals surface area contributed by atoms with Crippen LogP contribution in [0, 0.1) is 5.92 Å². The Balaban J connectivity index is 1.91. The van der Waals surface area contributed by atoms with Gasteiger partial charge in [-0.25, -0.2) is 4.68 Å². The van der Waals surface area contributed by atoms with Crippen molar-refractivity contribution in [1.82, 2.24) is 30.1 Å². The molecule has 1 aliphatic rings. The molecule has 1 fully saturated rings. The number of hydrogen-bond donors (Lipinski definition) is 1. The second-order valence-electron chi connectivity index (χ2n) is 6.27. The van der Waals surface area contributed by atoms with Crippen LogP contribution in [-0.2, 0) is 11.3 Å². The third-order valence-electron chi connectivity index (χ3n) is 4.45. The van der Waals surface area contributed by atoms with Crippen LogP contribution in [0.1, 0.15) is 37.2 Å². The average molecular weight is 336 g/mol. The summed E-state index contributed by atoms with van der Waals surface area (Å²) < 4.78 is 1.43. The molecule has 1 atom stereocenters. The minimum Gasteiger partial charge on any atom is -0.342 e. The van der Waals surface area contributed by atoms with Crippen molar-refractivity contribution in [3.63, 3.8) is 0 Å². The van der Waals surface area contributed by atoms with E-state index in [0.717, 1.165) is 25.9 Å². The highest BCUT2D eigenvalue weighted by atomic mass is 16.2. The first-order chi connectivity index (χ1) is 11.5. The van der Waals surface area contributed by atoms with Gasteiger partial charge in [0.2, 0.25) is 5.91 Å². The second kappa shape index (κ2) is 8.77. The third-order valence-corrected chi connectivity index (χ3v) is 4.45. The predicted molar refractivity (Wildman–Crippen MR) is 90.5 cm³/mol.